The number of phenolic OH excluding ortho intramolecular Hbond substituents is 2. The molecular formula is C21H28O2. The molecule has 0 aliphatic heterocycles. The number of rotatable bonds is 4. The first kappa shape index (κ1) is 17.4. The lowest BCUT2D eigenvalue weighted by Gasteiger charge is -2.31. The Labute approximate surface area is 139 Å². The molecule has 0 aliphatic rings. The number of aromatic hydroxyl groups is 2. The molecule has 2 heteroatoms. The molecule has 2 nitrogen and oxygen atoms in total. The van der Waals surface area contributed by atoms with E-state index in [0.717, 1.165) is 11.1 Å². The van der Waals surface area contributed by atoms with Crippen LogP contribution in [-0.4, -0.2) is 10.2 Å². The van der Waals surface area contributed by atoms with Gasteiger partial charge in [-0.1, -0.05) is 59.7 Å². The Morgan fingerprint density at radius 3 is 1.96 bits per heavy atom. The molecule has 0 bridgehead atoms. The third kappa shape index (κ3) is 3.36. The number of benzene rings is 2. The molecule has 0 unspecified atom stereocenters. The molecule has 0 aromatic heterocycles. The van der Waals surface area contributed by atoms with Crippen LogP contribution in [-0.2, 0) is 5.41 Å². The number of hydrogen-bond acceptors (Lipinski definition) is 2. The van der Waals surface area contributed by atoms with E-state index < -0.39 is 0 Å². The first-order chi connectivity index (χ1) is 10.6. The third-order valence-electron chi connectivity index (χ3n) is 4.70. The van der Waals surface area contributed by atoms with E-state index in [2.05, 4.69) is 47.6 Å². The summed E-state index contributed by atoms with van der Waals surface area (Å²) in [5.41, 5.74) is 4.32. The van der Waals surface area contributed by atoms with Crippen LogP contribution in [0.4, 0.5) is 0 Å². The molecule has 0 aliphatic carbocycles. The molecule has 0 atom stereocenters. The van der Waals surface area contributed by atoms with Crippen LogP contribution in [0.1, 0.15) is 75.6 Å². The molecule has 0 radical (unpaired) electrons. The van der Waals surface area contributed by atoms with Gasteiger partial charge in [0, 0.05) is 5.41 Å². The topological polar surface area (TPSA) is 40.5 Å². The van der Waals surface area contributed by atoms with Gasteiger partial charge in [-0.25, -0.2) is 0 Å². The standard InChI is InChI=1S/C21H28O2/c1-13(2)17-12-16(22)8-9-19(17)21(5,6)15-7-10-20(23)18(11-15)14(3)4/h7-14,22-23H,1-6H3. The lowest BCUT2D eigenvalue weighted by atomic mass is 9.73. The first-order valence-electron chi connectivity index (χ1n) is 8.31. The minimum absolute atomic E-state index is 0.204. The fraction of sp³-hybridized carbons (Fsp3) is 0.429. The highest BCUT2D eigenvalue weighted by atomic mass is 16.3. The zero-order chi connectivity index (χ0) is 17.4. The maximum absolute atomic E-state index is 10.1. The summed E-state index contributed by atoms with van der Waals surface area (Å²) in [4.78, 5) is 0. The minimum Gasteiger partial charge on any atom is -0.508 e. The van der Waals surface area contributed by atoms with Crippen LogP contribution in [0.15, 0.2) is 36.4 Å². The molecule has 0 amide bonds. The molecule has 0 saturated carbocycles. The van der Waals surface area contributed by atoms with Gasteiger partial charge < -0.3 is 10.2 Å². The molecule has 0 fully saturated rings. The maximum Gasteiger partial charge on any atom is 0.119 e. The highest BCUT2D eigenvalue weighted by Crippen LogP contribution is 2.40. The Hall–Kier alpha value is -1.96. The zero-order valence-electron chi connectivity index (χ0n) is 15.0. The van der Waals surface area contributed by atoms with E-state index in [9.17, 15) is 10.2 Å². The van der Waals surface area contributed by atoms with Gasteiger partial charge in [-0.2, -0.15) is 0 Å². The number of hydrogen-bond donors (Lipinski definition) is 2. The minimum atomic E-state index is -0.204. The summed E-state index contributed by atoms with van der Waals surface area (Å²) in [6.45, 7) is 12.9. The summed E-state index contributed by atoms with van der Waals surface area (Å²) in [5.74, 6) is 1.27. The van der Waals surface area contributed by atoms with E-state index in [4.69, 9.17) is 0 Å². The summed E-state index contributed by atoms with van der Waals surface area (Å²) >= 11 is 0. The quantitative estimate of drug-likeness (QED) is 0.763. The lowest BCUT2D eigenvalue weighted by molar-refractivity contribution is 0.463. The van der Waals surface area contributed by atoms with E-state index in [-0.39, 0.29) is 11.3 Å². The predicted octanol–water partition coefficient (Wildman–Crippen LogP) is 5.67. The average Bonchev–Trinajstić information content (AvgIpc) is 2.46. The van der Waals surface area contributed by atoms with E-state index in [0.29, 0.717) is 17.4 Å². The van der Waals surface area contributed by atoms with E-state index in [1.165, 1.54) is 11.1 Å². The van der Waals surface area contributed by atoms with Crippen LogP contribution in [0.5, 0.6) is 11.5 Å². The second-order valence-electron chi connectivity index (χ2n) is 7.48. The van der Waals surface area contributed by atoms with Gasteiger partial charge in [0.2, 0.25) is 0 Å². The predicted molar refractivity (Wildman–Crippen MR) is 96.5 cm³/mol. The summed E-state index contributed by atoms with van der Waals surface area (Å²) in [6, 6.07) is 11.5. The monoisotopic (exact) mass is 312 g/mol. The van der Waals surface area contributed by atoms with E-state index in [1.807, 2.05) is 18.2 Å². The molecule has 0 saturated heterocycles. The zero-order valence-corrected chi connectivity index (χ0v) is 15.0. The Morgan fingerprint density at radius 2 is 1.39 bits per heavy atom. The van der Waals surface area contributed by atoms with Crippen molar-refractivity contribution in [2.75, 3.05) is 0 Å². The normalized spacial score (nSPS) is 12.2. The Bertz CT molecular complexity index is 697. The SMILES string of the molecule is CC(C)c1cc(C(C)(C)c2ccc(O)cc2C(C)C)ccc1O. The molecule has 23 heavy (non-hydrogen) atoms. The molecule has 0 spiro atoms. The van der Waals surface area contributed by atoms with Gasteiger partial charge in [-0.15, -0.1) is 0 Å². The first-order valence-corrected chi connectivity index (χ1v) is 8.31. The molecule has 0 heterocycles. The molecule has 2 aromatic carbocycles. The van der Waals surface area contributed by atoms with Gasteiger partial charge in [-0.05, 0) is 52.3 Å². The van der Waals surface area contributed by atoms with Crippen molar-refractivity contribution < 1.29 is 10.2 Å². The van der Waals surface area contributed by atoms with Gasteiger partial charge in [0.15, 0.2) is 0 Å². The summed E-state index contributed by atoms with van der Waals surface area (Å²) in [6.07, 6.45) is 0. The van der Waals surface area contributed by atoms with E-state index >= 15 is 0 Å². The molecule has 2 aromatic rings. The van der Waals surface area contributed by atoms with Crippen LogP contribution in [0.25, 0.3) is 0 Å². The maximum atomic E-state index is 10.1. The van der Waals surface area contributed by atoms with Crippen LogP contribution in [0, 0.1) is 0 Å². The average molecular weight is 312 g/mol. The number of phenols is 2. The van der Waals surface area contributed by atoms with Gasteiger partial charge in [0.1, 0.15) is 11.5 Å². The van der Waals surface area contributed by atoms with Crippen molar-refractivity contribution in [2.24, 2.45) is 0 Å². The molecular weight excluding hydrogens is 284 g/mol. The smallest absolute Gasteiger partial charge is 0.119 e. The van der Waals surface area contributed by atoms with Gasteiger partial charge >= 0.3 is 0 Å². The highest BCUT2D eigenvalue weighted by molar-refractivity contribution is 5.49. The van der Waals surface area contributed by atoms with Crippen molar-refractivity contribution in [2.45, 2.75) is 58.8 Å². The highest BCUT2D eigenvalue weighted by Gasteiger charge is 2.28. The van der Waals surface area contributed by atoms with Crippen molar-refractivity contribution in [1.29, 1.82) is 0 Å². The largest absolute Gasteiger partial charge is 0.508 e. The van der Waals surface area contributed by atoms with Crippen molar-refractivity contribution in [3.8, 4) is 11.5 Å². The van der Waals surface area contributed by atoms with Gasteiger partial charge in [-0.3, -0.25) is 0 Å². The summed E-state index contributed by atoms with van der Waals surface area (Å²) in [5, 5.41) is 19.9. The van der Waals surface area contributed by atoms with Crippen LogP contribution in [0.3, 0.4) is 0 Å². The Morgan fingerprint density at radius 1 is 0.783 bits per heavy atom. The third-order valence-corrected chi connectivity index (χ3v) is 4.70. The molecule has 2 N–H and O–H groups in total. The summed E-state index contributed by atoms with van der Waals surface area (Å²) < 4.78 is 0. The summed E-state index contributed by atoms with van der Waals surface area (Å²) in [7, 11) is 0. The molecule has 124 valence electrons. The van der Waals surface area contributed by atoms with E-state index in [1.54, 1.807) is 12.1 Å². The van der Waals surface area contributed by atoms with Crippen LogP contribution in [0.2, 0.25) is 0 Å². The van der Waals surface area contributed by atoms with Crippen molar-refractivity contribution in [3.63, 3.8) is 0 Å². The lowest BCUT2D eigenvalue weighted by Crippen LogP contribution is -2.21. The van der Waals surface area contributed by atoms with Gasteiger partial charge in [0.25, 0.3) is 0 Å². The van der Waals surface area contributed by atoms with Gasteiger partial charge in [0.05, 0.1) is 0 Å². The fourth-order valence-electron chi connectivity index (χ4n) is 3.16. The molecule has 2 rings (SSSR count). The van der Waals surface area contributed by atoms with Crippen molar-refractivity contribution in [3.05, 3.63) is 58.7 Å². The van der Waals surface area contributed by atoms with Crippen molar-refractivity contribution >= 4 is 0 Å². The van der Waals surface area contributed by atoms with Crippen molar-refractivity contribution in [1.82, 2.24) is 0 Å². The second-order valence-corrected chi connectivity index (χ2v) is 7.48. The fourth-order valence-corrected chi connectivity index (χ4v) is 3.16. The Kier molecular flexibility index (Phi) is 4.74. The Balaban J connectivity index is 2.61. The second kappa shape index (κ2) is 6.27. The van der Waals surface area contributed by atoms with Crippen LogP contribution < -0.4 is 0 Å². The van der Waals surface area contributed by atoms with Crippen LogP contribution >= 0.6 is 0 Å².